The molecule has 0 radical (unpaired) electrons. The first-order valence-corrected chi connectivity index (χ1v) is 6.81. The maximum atomic E-state index is 12.2. The summed E-state index contributed by atoms with van der Waals surface area (Å²) in [5.74, 6) is -1.02. The molecule has 0 aliphatic heterocycles. The van der Waals surface area contributed by atoms with E-state index in [-0.39, 0.29) is 5.91 Å². The molecular weight excluding hydrogens is 268 g/mol. The molecule has 1 amide bonds. The van der Waals surface area contributed by atoms with Gasteiger partial charge in [0.1, 0.15) is 0 Å². The SMILES string of the molecule is CN(C)CCCN(C)C(=O)c1ccc(C=CC(=O)O)cc1. The van der Waals surface area contributed by atoms with Crippen molar-refractivity contribution in [3.63, 3.8) is 0 Å². The summed E-state index contributed by atoms with van der Waals surface area (Å²) in [4.78, 5) is 26.4. The van der Waals surface area contributed by atoms with Crippen LogP contribution in [-0.2, 0) is 4.79 Å². The van der Waals surface area contributed by atoms with E-state index in [9.17, 15) is 9.59 Å². The topological polar surface area (TPSA) is 60.9 Å². The Balaban J connectivity index is 2.60. The molecule has 1 aromatic rings. The van der Waals surface area contributed by atoms with Gasteiger partial charge in [-0.2, -0.15) is 0 Å². The summed E-state index contributed by atoms with van der Waals surface area (Å²) in [5, 5.41) is 8.56. The van der Waals surface area contributed by atoms with Crippen molar-refractivity contribution in [3.05, 3.63) is 41.5 Å². The molecule has 0 unspecified atom stereocenters. The molecule has 0 aliphatic carbocycles. The van der Waals surface area contributed by atoms with E-state index < -0.39 is 5.97 Å². The third-order valence-electron chi connectivity index (χ3n) is 3.02. The quantitative estimate of drug-likeness (QED) is 0.778. The van der Waals surface area contributed by atoms with E-state index in [1.165, 1.54) is 6.08 Å². The lowest BCUT2D eigenvalue weighted by Crippen LogP contribution is -2.29. The Kier molecular flexibility index (Phi) is 6.62. The summed E-state index contributed by atoms with van der Waals surface area (Å²) < 4.78 is 0. The largest absolute Gasteiger partial charge is 0.478 e. The second kappa shape index (κ2) is 8.21. The zero-order chi connectivity index (χ0) is 15.8. The number of rotatable bonds is 7. The van der Waals surface area contributed by atoms with Gasteiger partial charge in [0.15, 0.2) is 0 Å². The minimum Gasteiger partial charge on any atom is -0.478 e. The third-order valence-corrected chi connectivity index (χ3v) is 3.02. The van der Waals surface area contributed by atoms with Crippen LogP contribution in [0.3, 0.4) is 0 Å². The number of nitrogens with zero attached hydrogens (tertiary/aromatic N) is 2. The molecule has 0 saturated heterocycles. The predicted molar refractivity (Wildman–Crippen MR) is 83.2 cm³/mol. The second-order valence-corrected chi connectivity index (χ2v) is 5.18. The van der Waals surface area contributed by atoms with Crippen LogP contribution >= 0.6 is 0 Å². The van der Waals surface area contributed by atoms with Gasteiger partial charge in [-0.3, -0.25) is 4.79 Å². The van der Waals surface area contributed by atoms with Crippen LogP contribution in [0, 0.1) is 0 Å². The highest BCUT2D eigenvalue weighted by molar-refractivity contribution is 5.94. The maximum Gasteiger partial charge on any atom is 0.328 e. The molecule has 0 atom stereocenters. The zero-order valence-electron chi connectivity index (χ0n) is 12.7. The molecule has 21 heavy (non-hydrogen) atoms. The fraction of sp³-hybridized carbons (Fsp3) is 0.375. The average molecular weight is 290 g/mol. The Morgan fingerprint density at radius 3 is 2.24 bits per heavy atom. The van der Waals surface area contributed by atoms with Crippen molar-refractivity contribution in [1.82, 2.24) is 9.80 Å². The fourth-order valence-electron chi connectivity index (χ4n) is 1.85. The monoisotopic (exact) mass is 290 g/mol. The highest BCUT2D eigenvalue weighted by Gasteiger charge is 2.10. The number of amides is 1. The predicted octanol–water partition coefficient (Wildman–Crippen LogP) is 1.81. The number of hydrogen-bond donors (Lipinski definition) is 1. The van der Waals surface area contributed by atoms with Gasteiger partial charge in [-0.05, 0) is 50.8 Å². The molecule has 1 aromatic carbocycles. The molecule has 5 heteroatoms. The minimum absolute atomic E-state index is 0.0254. The van der Waals surface area contributed by atoms with Gasteiger partial charge in [-0.1, -0.05) is 12.1 Å². The third kappa shape index (κ3) is 6.23. The van der Waals surface area contributed by atoms with Crippen molar-refractivity contribution < 1.29 is 14.7 Å². The number of aliphatic carboxylic acids is 1. The number of carboxylic acid groups (broad SMARTS) is 1. The molecule has 0 spiro atoms. The Hall–Kier alpha value is -2.14. The van der Waals surface area contributed by atoms with Crippen molar-refractivity contribution in [2.45, 2.75) is 6.42 Å². The molecular formula is C16H22N2O3. The van der Waals surface area contributed by atoms with E-state index in [4.69, 9.17) is 5.11 Å². The molecule has 1 rings (SSSR count). The van der Waals surface area contributed by atoms with Gasteiger partial charge in [0.2, 0.25) is 0 Å². The van der Waals surface area contributed by atoms with Crippen molar-refractivity contribution >= 4 is 18.0 Å². The van der Waals surface area contributed by atoms with E-state index in [0.717, 1.165) is 24.6 Å². The first-order chi connectivity index (χ1) is 9.90. The van der Waals surface area contributed by atoms with Crippen molar-refractivity contribution in [3.8, 4) is 0 Å². The summed E-state index contributed by atoms with van der Waals surface area (Å²) in [6.07, 6.45) is 3.50. The van der Waals surface area contributed by atoms with Gasteiger partial charge in [-0.15, -0.1) is 0 Å². The molecule has 0 saturated carbocycles. The van der Waals surface area contributed by atoms with Crippen LogP contribution in [0.1, 0.15) is 22.3 Å². The van der Waals surface area contributed by atoms with Gasteiger partial charge in [0.25, 0.3) is 5.91 Å². The summed E-state index contributed by atoms with van der Waals surface area (Å²) >= 11 is 0. The average Bonchev–Trinajstić information content (AvgIpc) is 2.44. The summed E-state index contributed by atoms with van der Waals surface area (Å²) in [6.45, 7) is 1.65. The molecule has 0 aliphatic rings. The van der Waals surface area contributed by atoms with Gasteiger partial charge < -0.3 is 14.9 Å². The number of benzene rings is 1. The summed E-state index contributed by atoms with van der Waals surface area (Å²) in [5.41, 5.74) is 1.36. The van der Waals surface area contributed by atoms with Gasteiger partial charge in [0, 0.05) is 25.2 Å². The lowest BCUT2D eigenvalue weighted by Gasteiger charge is -2.18. The molecule has 0 aromatic heterocycles. The molecule has 0 fully saturated rings. The van der Waals surface area contributed by atoms with E-state index in [1.54, 1.807) is 36.2 Å². The van der Waals surface area contributed by atoms with E-state index in [1.807, 2.05) is 14.1 Å². The summed E-state index contributed by atoms with van der Waals surface area (Å²) in [6, 6.07) is 6.90. The Bertz CT molecular complexity index is 507. The first kappa shape index (κ1) is 16.9. The highest BCUT2D eigenvalue weighted by atomic mass is 16.4. The second-order valence-electron chi connectivity index (χ2n) is 5.18. The van der Waals surface area contributed by atoms with Crippen LogP contribution in [0.2, 0.25) is 0 Å². The standard InChI is InChI=1S/C16H22N2O3/c1-17(2)11-4-12-18(3)16(21)14-8-5-13(6-9-14)7-10-15(19)20/h5-10H,4,11-12H2,1-3H3,(H,19,20). The molecule has 5 nitrogen and oxygen atoms in total. The number of hydrogen-bond acceptors (Lipinski definition) is 3. The Morgan fingerprint density at radius 2 is 1.71 bits per heavy atom. The van der Waals surface area contributed by atoms with Crippen LogP contribution in [0.4, 0.5) is 0 Å². The maximum absolute atomic E-state index is 12.2. The zero-order valence-corrected chi connectivity index (χ0v) is 12.7. The molecule has 1 N–H and O–H groups in total. The number of carboxylic acids is 1. The van der Waals surface area contributed by atoms with Crippen LogP contribution in [0.5, 0.6) is 0 Å². The molecule has 114 valence electrons. The van der Waals surface area contributed by atoms with Gasteiger partial charge in [0.05, 0.1) is 0 Å². The Morgan fingerprint density at radius 1 is 1.10 bits per heavy atom. The van der Waals surface area contributed by atoms with Crippen LogP contribution in [0.15, 0.2) is 30.3 Å². The van der Waals surface area contributed by atoms with Crippen molar-refractivity contribution in [2.24, 2.45) is 0 Å². The van der Waals surface area contributed by atoms with Crippen molar-refractivity contribution in [1.29, 1.82) is 0 Å². The first-order valence-electron chi connectivity index (χ1n) is 6.81. The Labute approximate surface area is 125 Å². The van der Waals surface area contributed by atoms with Gasteiger partial charge >= 0.3 is 5.97 Å². The van der Waals surface area contributed by atoms with E-state index >= 15 is 0 Å². The minimum atomic E-state index is -0.990. The smallest absolute Gasteiger partial charge is 0.328 e. The van der Waals surface area contributed by atoms with Crippen LogP contribution < -0.4 is 0 Å². The van der Waals surface area contributed by atoms with E-state index in [0.29, 0.717) is 12.1 Å². The highest BCUT2D eigenvalue weighted by Crippen LogP contribution is 2.09. The van der Waals surface area contributed by atoms with Crippen LogP contribution in [0.25, 0.3) is 6.08 Å². The fourth-order valence-corrected chi connectivity index (χ4v) is 1.85. The normalized spacial score (nSPS) is 11.0. The molecule has 0 bridgehead atoms. The number of carbonyl (C=O) groups is 2. The lowest BCUT2D eigenvalue weighted by molar-refractivity contribution is -0.131. The van der Waals surface area contributed by atoms with Crippen molar-refractivity contribution in [2.75, 3.05) is 34.2 Å². The number of carbonyl (C=O) groups excluding carboxylic acids is 1. The summed E-state index contributed by atoms with van der Waals surface area (Å²) in [7, 11) is 5.80. The van der Waals surface area contributed by atoms with E-state index in [2.05, 4.69) is 4.90 Å². The molecule has 0 heterocycles. The lowest BCUT2D eigenvalue weighted by atomic mass is 10.1. The van der Waals surface area contributed by atoms with Gasteiger partial charge in [-0.25, -0.2) is 4.79 Å². The van der Waals surface area contributed by atoms with Crippen LogP contribution in [-0.4, -0.2) is 61.0 Å².